The number of amides is 3. The highest BCUT2D eigenvalue weighted by Crippen LogP contribution is 2.25. The summed E-state index contributed by atoms with van der Waals surface area (Å²) in [5.74, 6) is -1.24. The largest absolute Gasteiger partial charge is 0.466 e. The molecule has 2 unspecified atom stereocenters. The van der Waals surface area contributed by atoms with Crippen LogP contribution in [0, 0.1) is 6.92 Å². The van der Waals surface area contributed by atoms with Crippen LogP contribution >= 0.6 is 12.6 Å². The van der Waals surface area contributed by atoms with Gasteiger partial charge in [-0.25, -0.2) is 4.79 Å². The maximum absolute atomic E-state index is 13.9. The summed E-state index contributed by atoms with van der Waals surface area (Å²) < 4.78 is 10.3. The van der Waals surface area contributed by atoms with Gasteiger partial charge in [0, 0.05) is 18.8 Å². The molecule has 0 aromatic heterocycles. The van der Waals surface area contributed by atoms with Gasteiger partial charge in [-0.3, -0.25) is 14.4 Å². The van der Waals surface area contributed by atoms with Gasteiger partial charge in [0.2, 0.25) is 11.8 Å². The minimum absolute atomic E-state index is 0.0184. The molecule has 0 bridgehead atoms. The van der Waals surface area contributed by atoms with Crippen LogP contribution in [0.4, 0.5) is 4.79 Å². The normalized spacial score (nSPS) is 12.7. The van der Waals surface area contributed by atoms with Crippen molar-refractivity contribution in [2.45, 2.75) is 97.8 Å². The van der Waals surface area contributed by atoms with Gasteiger partial charge in [0.1, 0.15) is 17.7 Å². The lowest BCUT2D eigenvalue weighted by Crippen LogP contribution is -2.54. The Bertz CT molecular complexity index is 934. The maximum Gasteiger partial charge on any atom is 0.408 e. The van der Waals surface area contributed by atoms with Crippen LogP contribution in [-0.2, 0) is 23.9 Å². The summed E-state index contributed by atoms with van der Waals surface area (Å²) in [5, 5.41) is 5.42. The number of rotatable bonds is 16. The van der Waals surface area contributed by atoms with Crippen molar-refractivity contribution < 1.29 is 28.7 Å². The molecule has 0 saturated heterocycles. The first-order chi connectivity index (χ1) is 18.4. The van der Waals surface area contributed by atoms with E-state index in [-0.39, 0.29) is 25.3 Å². The van der Waals surface area contributed by atoms with E-state index in [2.05, 4.69) is 30.2 Å². The lowest BCUT2D eigenvalue weighted by Gasteiger charge is -2.34. The monoisotopic (exact) mass is 565 g/mol. The predicted molar refractivity (Wildman–Crippen MR) is 156 cm³/mol. The van der Waals surface area contributed by atoms with Gasteiger partial charge in [-0.05, 0) is 46.6 Å². The first-order valence-corrected chi connectivity index (χ1v) is 14.5. The molecular formula is C29H47N3O6S. The lowest BCUT2D eigenvalue weighted by molar-refractivity contribution is -0.144. The number of alkyl carbamates (subject to hydrolysis) is 1. The summed E-state index contributed by atoms with van der Waals surface area (Å²) >= 11 is 4.33. The molecule has 2 atom stereocenters. The number of aryl methyl sites for hydroxylation is 1. The molecule has 0 aliphatic heterocycles. The van der Waals surface area contributed by atoms with E-state index in [4.69, 9.17) is 9.47 Å². The molecule has 10 heteroatoms. The second kappa shape index (κ2) is 17.8. The van der Waals surface area contributed by atoms with Gasteiger partial charge in [0.15, 0.2) is 0 Å². The van der Waals surface area contributed by atoms with Gasteiger partial charge in [0.25, 0.3) is 0 Å². The fourth-order valence-electron chi connectivity index (χ4n) is 4.02. The summed E-state index contributed by atoms with van der Waals surface area (Å²) in [6.07, 6.45) is 4.06. The predicted octanol–water partition coefficient (Wildman–Crippen LogP) is 4.73. The number of esters is 1. The Morgan fingerprint density at radius 2 is 1.74 bits per heavy atom. The Morgan fingerprint density at radius 3 is 2.33 bits per heavy atom. The second-order valence-electron chi connectivity index (χ2n) is 10.5. The SMILES string of the molecule is CCCCCCCN(C(=O)C(CS)NC(=O)OC(C)(C)C)C(C(=O)NCCC(=O)OCC)c1cccc(C)c1. The highest BCUT2D eigenvalue weighted by Gasteiger charge is 2.35. The molecule has 1 aromatic rings. The van der Waals surface area contributed by atoms with E-state index in [9.17, 15) is 19.2 Å². The number of nitrogens with one attached hydrogen (secondary N) is 2. The quantitative estimate of drug-likeness (QED) is 0.152. The van der Waals surface area contributed by atoms with Crippen molar-refractivity contribution in [2.24, 2.45) is 0 Å². The van der Waals surface area contributed by atoms with E-state index in [0.29, 0.717) is 18.5 Å². The third kappa shape index (κ3) is 13.2. The fourth-order valence-corrected chi connectivity index (χ4v) is 4.27. The van der Waals surface area contributed by atoms with E-state index in [1.54, 1.807) is 33.8 Å². The van der Waals surface area contributed by atoms with Crippen LogP contribution in [0.2, 0.25) is 0 Å². The van der Waals surface area contributed by atoms with Crippen molar-refractivity contribution in [3.8, 4) is 0 Å². The van der Waals surface area contributed by atoms with Crippen molar-refractivity contribution in [3.63, 3.8) is 0 Å². The Morgan fingerprint density at radius 1 is 1.05 bits per heavy atom. The number of hydrogen-bond donors (Lipinski definition) is 3. The van der Waals surface area contributed by atoms with Crippen LogP contribution in [-0.4, -0.2) is 65.9 Å². The van der Waals surface area contributed by atoms with Crippen LogP contribution in [0.5, 0.6) is 0 Å². The molecule has 0 fully saturated rings. The molecule has 0 spiro atoms. The van der Waals surface area contributed by atoms with Crippen LogP contribution in [0.15, 0.2) is 24.3 Å². The fraction of sp³-hybridized carbons (Fsp3) is 0.655. The molecule has 0 radical (unpaired) electrons. The number of carbonyl (C=O) groups excluding carboxylic acids is 4. The molecule has 0 aliphatic rings. The first-order valence-electron chi connectivity index (χ1n) is 13.8. The molecule has 9 nitrogen and oxygen atoms in total. The Hall–Kier alpha value is -2.75. The number of carbonyl (C=O) groups is 4. The minimum Gasteiger partial charge on any atom is -0.466 e. The highest BCUT2D eigenvalue weighted by molar-refractivity contribution is 7.80. The van der Waals surface area contributed by atoms with Crippen LogP contribution in [0.3, 0.4) is 0 Å². The van der Waals surface area contributed by atoms with E-state index in [0.717, 1.165) is 31.2 Å². The molecule has 0 aliphatic carbocycles. The van der Waals surface area contributed by atoms with Crippen LogP contribution in [0.1, 0.15) is 90.3 Å². The van der Waals surface area contributed by atoms with Crippen molar-refractivity contribution in [1.29, 1.82) is 0 Å². The van der Waals surface area contributed by atoms with Gasteiger partial charge in [-0.15, -0.1) is 0 Å². The zero-order valence-electron chi connectivity index (χ0n) is 24.4. The summed E-state index contributed by atoms with van der Waals surface area (Å²) in [6.45, 7) is 11.6. The maximum atomic E-state index is 13.9. The first kappa shape index (κ1) is 34.3. The van der Waals surface area contributed by atoms with Gasteiger partial charge < -0.3 is 25.0 Å². The third-order valence-electron chi connectivity index (χ3n) is 5.81. The summed E-state index contributed by atoms with van der Waals surface area (Å²) in [5.41, 5.74) is 0.835. The van der Waals surface area contributed by atoms with Crippen molar-refractivity contribution >= 4 is 36.5 Å². The molecule has 39 heavy (non-hydrogen) atoms. The van der Waals surface area contributed by atoms with E-state index >= 15 is 0 Å². The Labute approximate surface area is 239 Å². The highest BCUT2D eigenvalue weighted by atomic mass is 32.1. The molecule has 0 saturated carbocycles. The molecule has 1 rings (SSSR count). The standard InChI is InChI=1S/C29H47N3O6S/c1-7-9-10-11-12-18-32(27(35)23(20-39)31-28(36)38-29(4,5)6)25(22-15-13-14-21(3)19-22)26(34)30-17-16-24(33)37-8-2/h13-15,19,23,25,39H,7-12,16-18,20H2,1-6H3,(H,30,34)(H,31,36). The minimum atomic E-state index is -1.00. The van der Waals surface area contributed by atoms with Crippen molar-refractivity contribution in [1.82, 2.24) is 15.5 Å². The van der Waals surface area contributed by atoms with E-state index in [1.165, 1.54) is 4.90 Å². The second-order valence-corrected chi connectivity index (χ2v) is 10.9. The van der Waals surface area contributed by atoms with E-state index < -0.39 is 41.6 Å². The Kier molecular flexibility index (Phi) is 15.6. The van der Waals surface area contributed by atoms with Gasteiger partial charge in [-0.2, -0.15) is 12.6 Å². The summed E-state index contributed by atoms with van der Waals surface area (Å²) in [6, 6.07) is 5.45. The zero-order valence-corrected chi connectivity index (χ0v) is 25.3. The topological polar surface area (TPSA) is 114 Å². The number of thiol groups is 1. The smallest absolute Gasteiger partial charge is 0.408 e. The van der Waals surface area contributed by atoms with Gasteiger partial charge in [-0.1, -0.05) is 62.4 Å². The van der Waals surface area contributed by atoms with Crippen LogP contribution < -0.4 is 10.6 Å². The van der Waals surface area contributed by atoms with Crippen LogP contribution in [0.25, 0.3) is 0 Å². The number of unbranched alkanes of at least 4 members (excludes halogenated alkanes) is 4. The molecule has 0 heterocycles. The molecular weight excluding hydrogens is 518 g/mol. The number of benzene rings is 1. The van der Waals surface area contributed by atoms with Gasteiger partial charge >= 0.3 is 12.1 Å². The molecule has 1 aromatic carbocycles. The molecule has 3 amide bonds. The van der Waals surface area contributed by atoms with Crippen molar-refractivity contribution in [3.05, 3.63) is 35.4 Å². The lowest BCUT2D eigenvalue weighted by atomic mass is 10.00. The number of ether oxygens (including phenoxy) is 2. The Balaban J connectivity index is 3.31. The molecule has 220 valence electrons. The number of hydrogen-bond acceptors (Lipinski definition) is 7. The average Bonchev–Trinajstić information content (AvgIpc) is 2.85. The van der Waals surface area contributed by atoms with Crippen molar-refractivity contribution in [2.75, 3.05) is 25.4 Å². The summed E-state index contributed by atoms with van der Waals surface area (Å²) in [7, 11) is 0. The van der Waals surface area contributed by atoms with E-state index in [1.807, 2.05) is 25.1 Å². The summed E-state index contributed by atoms with van der Waals surface area (Å²) in [4.78, 5) is 53.4. The zero-order chi connectivity index (χ0) is 29.4. The number of nitrogens with zero attached hydrogens (tertiary/aromatic N) is 1. The molecule has 2 N–H and O–H groups in total. The average molecular weight is 566 g/mol. The van der Waals surface area contributed by atoms with Gasteiger partial charge in [0.05, 0.1) is 13.0 Å². The third-order valence-corrected chi connectivity index (χ3v) is 6.17.